The average molecular weight is 341 g/mol. The second-order valence-electron chi connectivity index (χ2n) is 8.98. The lowest BCUT2D eigenvalue weighted by Gasteiger charge is -2.38. The van der Waals surface area contributed by atoms with Crippen LogP contribution in [0.4, 0.5) is 0 Å². The zero-order chi connectivity index (χ0) is 17.5. The van der Waals surface area contributed by atoms with E-state index in [1.165, 1.54) is 82.6 Å². The average Bonchev–Trinajstić information content (AvgIpc) is 2.69. The SMILES string of the molecule is CCCCC[C@H]1CC[C@H]([C@H]2CC[C@H](c3ccc(CC)cc3)CC2)CC1. The normalized spacial score (nSPS) is 30.3. The summed E-state index contributed by atoms with van der Waals surface area (Å²) < 4.78 is 0. The smallest absolute Gasteiger partial charge is 0.0162 e. The van der Waals surface area contributed by atoms with Gasteiger partial charge < -0.3 is 0 Å². The van der Waals surface area contributed by atoms with Gasteiger partial charge in [-0.15, -0.1) is 0 Å². The molecule has 0 N–H and O–H groups in total. The Labute approximate surface area is 156 Å². The second-order valence-corrected chi connectivity index (χ2v) is 8.98. The molecule has 0 heteroatoms. The highest BCUT2D eigenvalue weighted by Gasteiger charge is 2.31. The molecule has 2 saturated carbocycles. The molecule has 0 radical (unpaired) electrons. The van der Waals surface area contributed by atoms with Gasteiger partial charge in [-0.05, 0) is 79.7 Å². The fraction of sp³-hybridized carbons (Fsp3) is 0.760. The number of rotatable bonds is 7. The first-order chi connectivity index (χ1) is 12.3. The van der Waals surface area contributed by atoms with E-state index in [1.54, 1.807) is 5.56 Å². The van der Waals surface area contributed by atoms with Crippen LogP contribution in [0.3, 0.4) is 0 Å². The standard InChI is InChI=1S/C25H40/c1-3-5-6-7-21-10-14-23(15-11-21)25-18-16-24(17-19-25)22-12-8-20(4-2)9-13-22/h8-9,12-13,21,23-25H,3-7,10-11,14-19H2,1-2H3/t21-,23-,24-,25-. The van der Waals surface area contributed by atoms with Gasteiger partial charge in [0, 0.05) is 0 Å². The van der Waals surface area contributed by atoms with Crippen molar-refractivity contribution in [3.63, 3.8) is 0 Å². The lowest BCUT2D eigenvalue weighted by Crippen LogP contribution is -2.25. The molecule has 25 heavy (non-hydrogen) atoms. The molecule has 2 fully saturated rings. The number of hydrogen-bond acceptors (Lipinski definition) is 0. The zero-order valence-corrected chi connectivity index (χ0v) is 16.8. The Balaban J connectivity index is 1.40. The van der Waals surface area contributed by atoms with E-state index in [1.807, 2.05) is 0 Å². The Morgan fingerprint density at radius 1 is 0.720 bits per heavy atom. The Kier molecular flexibility index (Phi) is 7.44. The molecule has 1 aromatic rings. The molecule has 0 nitrogen and oxygen atoms in total. The molecule has 0 aliphatic heterocycles. The van der Waals surface area contributed by atoms with Gasteiger partial charge in [0.05, 0.1) is 0 Å². The van der Waals surface area contributed by atoms with E-state index in [9.17, 15) is 0 Å². The number of aryl methyl sites for hydroxylation is 1. The first-order valence-electron chi connectivity index (χ1n) is 11.4. The van der Waals surface area contributed by atoms with Gasteiger partial charge in [-0.3, -0.25) is 0 Å². The quantitative estimate of drug-likeness (QED) is 0.442. The van der Waals surface area contributed by atoms with Gasteiger partial charge in [-0.2, -0.15) is 0 Å². The minimum absolute atomic E-state index is 0.840. The van der Waals surface area contributed by atoms with Crippen molar-refractivity contribution in [3.05, 3.63) is 35.4 Å². The van der Waals surface area contributed by atoms with E-state index >= 15 is 0 Å². The highest BCUT2D eigenvalue weighted by Crippen LogP contribution is 2.44. The molecular formula is C25H40. The van der Waals surface area contributed by atoms with Crippen molar-refractivity contribution in [1.29, 1.82) is 0 Å². The molecule has 0 atom stereocenters. The van der Waals surface area contributed by atoms with Crippen LogP contribution in [0, 0.1) is 17.8 Å². The summed E-state index contributed by atoms with van der Waals surface area (Å²) in [6, 6.07) is 9.51. The highest BCUT2D eigenvalue weighted by atomic mass is 14.4. The first kappa shape index (κ1) is 19.0. The van der Waals surface area contributed by atoms with Crippen molar-refractivity contribution in [3.8, 4) is 0 Å². The van der Waals surface area contributed by atoms with Gasteiger partial charge in [0.1, 0.15) is 0 Å². The van der Waals surface area contributed by atoms with Gasteiger partial charge >= 0.3 is 0 Å². The lowest BCUT2D eigenvalue weighted by molar-refractivity contribution is 0.155. The van der Waals surface area contributed by atoms with E-state index in [0.29, 0.717) is 0 Å². The second kappa shape index (κ2) is 9.79. The van der Waals surface area contributed by atoms with Crippen LogP contribution in [0.15, 0.2) is 24.3 Å². The molecule has 3 rings (SSSR count). The molecule has 2 aliphatic carbocycles. The molecule has 0 heterocycles. The lowest BCUT2D eigenvalue weighted by atomic mass is 9.68. The molecule has 2 aliphatic rings. The van der Waals surface area contributed by atoms with Gasteiger partial charge in [0.15, 0.2) is 0 Å². The number of benzene rings is 1. The van der Waals surface area contributed by atoms with Crippen molar-refractivity contribution in [1.82, 2.24) is 0 Å². The Bertz CT molecular complexity index is 469. The van der Waals surface area contributed by atoms with E-state index < -0.39 is 0 Å². The molecule has 140 valence electrons. The third kappa shape index (κ3) is 5.35. The summed E-state index contributed by atoms with van der Waals surface area (Å²) in [5, 5.41) is 0. The Morgan fingerprint density at radius 3 is 1.88 bits per heavy atom. The monoisotopic (exact) mass is 340 g/mol. The molecule has 0 spiro atoms. The molecule has 0 bridgehead atoms. The van der Waals surface area contributed by atoms with Crippen LogP contribution < -0.4 is 0 Å². The van der Waals surface area contributed by atoms with Crippen molar-refractivity contribution < 1.29 is 0 Å². The van der Waals surface area contributed by atoms with E-state index in [-0.39, 0.29) is 0 Å². The summed E-state index contributed by atoms with van der Waals surface area (Å²) >= 11 is 0. The molecular weight excluding hydrogens is 300 g/mol. The van der Waals surface area contributed by atoms with Crippen LogP contribution in [0.5, 0.6) is 0 Å². The van der Waals surface area contributed by atoms with Crippen molar-refractivity contribution in [2.24, 2.45) is 17.8 Å². The summed E-state index contributed by atoms with van der Waals surface area (Å²) in [4.78, 5) is 0. The highest BCUT2D eigenvalue weighted by molar-refractivity contribution is 5.25. The van der Waals surface area contributed by atoms with Gasteiger partial charge in [-0.1, -0.05) is 76.6 Å². The van der Waals surface area contributed by atoms with Gasteiger partial charge in [0.25, 0.3) is 0 Å². The predicted molar refractivity (Wildman–Crippen MR) is 110 cm³/mol. The Morgan fingerprint density at radius 2 is 1.32 bits per heavy atom. The minimum atomic E-state index is 0.840. The molecule has 0 aromatic heterocycles. The molecule has 0 saturated heterocycles. The van der Waals surface area contributed by atoms with E-state index in [2.05, 4.69) is 38.1 Å². The summed E-state index contributed by atoms with van der Waals surface area (Å²) in [7, 11) is 0. The third-order valence-electron chi connectivity index (χ3n) is 7.41. The maximum atomic E-state index is 2.41. The maximum absolute atomic E-state index is 2.41. The van der Waals surface area contributed by atoms with Crippen molar-refractivity contribution in [2.45, 2.75) is 103 Å². The minimum Gasteiger partial charge on any atom is -0.0654 e. The first-order valence-corrected chi connectivity index (χ1v) is 11.4. The molecule has 0 amide bonds. The largest absolute Gasteiger partial charge is 0.0654 e. The van der Waals surface area contributed by atoms with Crippen LogP contribution in [0.1, 0.15) is 108 Å². The number of unbranched alkanes of at least 4 members (excludes halogenated alkanes) is 2. The number of hydrogen-bond donors (Lipinski definition) is 0. The van der Waals surface area contributed by atoms with E-state index in [4.69, 9.17) is 0 Å². The van der Waals surface area contributed by atoms with Crippen molar-refractivity contribution in [2.75, 3.05) is 0 Å². The van der Waals surface area contributed by atoms with E-state index in [0.717, 1.165) is 30.1 Å². The fourth-order valence-electron chi connectivity index (χ4n) is 5.58. The zero-order valence-electron chi connectivity index (χ0n) is 16.8. The molecule has 0 unspecified atom stereocenters. The predicted octanol–water partition coefficient (Wildman–Crippen LogP) is 7.91. The van der Waals surface area contributed by atoms with Crippen LogP contribution >= 0.6 is 0 Å². The summed E-state index contributed by atoms with van der Waals surface area (Å²) in [5.74, 6) is 4.01. The summed E-state index contributed by atoms with van der Waals surface area (Å²) in [6.07, 6.45) is 19.0. The Hall–Kier alpha value is -0.780. The van der Waals surface area contributed by atoms with Crippen LogP contribution in [0.2, 0.25) is 0 Å². The maximum Gasteiger partial charge on any atom is -0.0162 e. The summed E-state index contributed by atoms with van der Waals surface area (Å²) in [5.41, 5.74) is 3.09. The topological polar surface area (TPSA) is 0 Å². The summed E-state index contributed by atoms with van der Waals surface area (Å²) in [6.45, 7) is 4.57. The molecule has 1 aromatic carbocycles. The van der Waals surface area contributed by atoms with Crippen LogP contribution in [-0.4, -0.2) is 0 Å². The van der Waals surface area contributed by atoms with Gasteiger partial charge in [-0.25, -0.2) is 0 Å². The van der Waals surface area contributed by atoms with Gasteiger partial charge in [0.2, 0.25) is 0 Å². The third-order valence-corrected chi connectivity index (χ3v) is 7.41. The van der Waals surface area contributed by atoms with Crippen LogP contribution in [-0.2, 0) is 6.42 Å². The van der Waals surface area contributed by atoms with Crippen molar-refractivity contribution >= 4 is 0 Å². The van der Waals surface area contributed by atoms with Crippen LogP contribution in [0.25, 0.3) is 0 Å². The fourth-order valence-corrected chi connectivity index (χ4v) is 5.58.